The van der Waals surface area contributed by atoms with Gasteiger partial charge in [0, 0.05) is 28.8 Å². The van der Waals surface area contributed by atoms with E-state index in [1.165, 1.54) is 0 Å². The van der Waals surface area contributed by atoms with Gasteiger partial charge in [-0.3, -0.25) is 0 Å². The quantitative estimate of drug-likeness (QED) is 0.824. The topological polar surface area (TPSA) is 24.1 Å². The highest BCUT2D eigenvalue weighted by molar-refractivity contribution is 9.10. The van der Waals surface area contributed by atoms with Gasteiger partial charge in [-0.2, -0.15) is 0 Å². The summed E-state index contributed by atoms with van der Waals surface area (Å²) in [6.45, 7) is 8.28. The summed E-state index contributed by atoms with van der Waals surface area (Å²) >= 11 is 9.36. The summed E-state index contributed by atoms with van der Waals surface area (Å²) in [4.78, 5) is 0. The number of benzene rings is 1. The van der Waals surface area contributed by atoms with Crippen molar-refractivity contribution in [1.82, 2.24) is 5.32 Å². The van der Waals surface area contributed by atoms with Gasteiger partial charge in [-0.1, -0.05) is 11.6 Å². The van der Waals surface area contributed by atoms with Crippen molar-refractivity contribution >= 4 is 33.2 Å². The molecule has 1 aromatic rings. The molecule has 0 aliphatic rings. The first-order chi connectivity index (χ1) is 7.38. The number of hydrogen-bond donors (Lipinski definition) is 2. The third-order valence-corrected chi connectivity index (χ3v) is 3.26. The largest absolute Gasteiger partial charge is 0.384 e. The molecule has 16 heavy (non-hydrogen) atoms. The van der Waals surface area contributed by atoms with Crippen molar-refractivity contribution in [3.8, 4) is 0 Å². The maximum absolute atomic E-state index is 6.00. The lowest BCUT2D eigenvalue weighted by Gasteiger charge is -2.20. The van der Waals surface area contributed by atoms with Gasteiger partial charge >= 0.3 is 0 Å². The smallest absolute Gasteiger partial charge is 0.0568 e. The molecule has 0 saturated carbocycles. The summed E-state index contributed by atoms with van der Waals surface area (Å²) in [6, 6.07) is 5.87. The van der Waals surface area contributed by atoms with Crippen LogP contribution in [0.15, 0.2) is 22.7 Å². The second kappa shape index (κ2) is 5.89. The summed E-state index contributed by atoms with van der Waals surface area (Å²) in [5.74, 6) is 0. The first-order valence-electron chi connectivity index (χ1n) is 5.32. The Kier molecular flexibility index (Phi) is 5.09. The molecule has 2 N–H and O–H groups in total. The lowest BCUT2D eigenvalue weighted by Crippen LogP contribution is -2.38. The molecule has 1 aromatic carbocycles. The number of rotatable bonds is 4. The van der Waals surface area contributed by atoms with E-state index >= 15 is 0 Å². The summed E-state index contributed by atoms with van der Waals surface area (Å²) in [7, 11) is 0. The Hall–Kier alpha value is -0.250. The minimum absolute atomic E-state index is 0.166. The van der Waals surface area contributed by atoms with Crippen molar-refractivity contribution in [1.29, 1.82) is 0 Å². The first kappa shape index (κ1) is 13.8. The van der Waals surface area contributed by atoms with E-state index in [1.54, 1.807) is 0 Å². The van der Waals surface area contributed by atoms with Gasteiger partial charge in [-0.25, -0.2) is 0 Å². The van der Waals surface area contributed by atoms with Gasteiger partial charge in [-0.15, -0.1) is 0 Å². The maximum Gasteiger partial charge on any atom is 0.0568 e. The Bertz CT molecular complexity index is 347. The van der Waals surface area contributed by atoms with E-state index in [0.29, 0.717) is 0 Å². The van der Waals surface area contributed by atoms with Crippen LogP contribution >= 0.6 is 27.5 Å². The molecule has 0 amide bonds. The Morgan fingerprint density at radius 1 is 1.25 bits per heavy atom. The van der Waals surface area contributed by atoms with Crippen molar-refractivity contribution in [2.45, 2.75) is 26.3 Å². The summed E-state index contributed by atoms with van der Waals surface area (Å²) in [6.07, 6.45) is 0. The molecule has 0 unspecified atom stereocenters. The lowest BCUT2D eigenvalue weighted by molar-refractivity contribution is 0.435. The molecule has 0 spiro atoms. The van der Waals surface area contributed by atoms with Gasteiger partial charge in [0.1, 0.15) is 0 Å². The van der Waals surface area contributed by atoms with Gasteiger partial charge < -0.3 is 10.6 Å². The SMILES string of the molecule is CC(C)(C)NCCNc1ccc(Br)c(Cl)c1. The molecule has 0 aliphatic heterocycles. The van der Waals surface area contributed by atoms with Crippen molar-refractivity contribution in [3.63, 3.8) is 0 Å². The average molecular weight is 306 g/mol. The summed E-state index contributed by atoms with van der Waals surface area (Å²) in [5, 5.41) is 7.46. The van der Waals surface area contributed by atoms with Crippen LogP contribution in [0.3, 0.4) is 0 Å². The molecule has 90 valence electrons. The van der Waals surface area contributed by atoms with E-state index in [4.69, 9.17) is 11.6 Å². The zero-order valence-electron chi connectivity index (χ0n) is 9.90. The zero-order valence-corrected chi connectivity index (χ0v) is 12.2. The van der Waals surface area contributed by atoms with Crippen LogP contribution in [0.1, 0.15) is 20.8 Å². The second-order valence-electron chi connectivity index (χ2n) is 4.73. The van der Waals surface area contributed by atoms with Crippen LogP contribution in [-0.4, -0.2) is 18.6 Å². The average Bonchev–Trinajstić information content (AvgIpc) is 2.17. The van der Waals surface area contributed by atoms with Crippen LogP contribution in [0.25, 0.3) is 0 Å². The molecule has 1 rings (SSSR count). The monoisotopic (exact) mass is 304 g/mol. The van der Waals surface area contributed by atoms with Crippen molar-refractivity contribution in [2.24, 2.45) is 0 Å². The van der Waals surface area contributed by atoms with E-state index in [0.717, 1.165) is 28.3 Å². The van der Waals surface area contributed by atoms with E-state index in [9.17, 15) is 0 Å². The standard InChI is InChI=1S/C12H18BrClN2/c1-12(2,3)16-7-6-15-9-4-5-10(13)11(14)8-9/h4-5,8,15-16H,6-7H2,1-3H3. The third-order valence-electron chi connectivity index (χ3n) is 2.03. The molecule has 2 nitrogen and oxygen atoms in total. The molecule has 0 aliphatic carbocycles. The number of hydrogen-bond acceptors (Lipinski definition) is 2. The Balaban J connectivity index is 2.35. The zero-order chi connectivity index (χ0) is 12.2. The van der Waals surface area contributed by atoms with Crippen LogP contribution in [0.4, 0.5) is 5.69 Å². The predicted octanol–water partition coefficient (Wildman–Crippen LogP) is 3.90. The molecule has 0 bridgehead atoms. The Morgan fingerprint density at radius 2 is 1.94 bits per heavy atom. The van der Waals surface area contributed by atoms with Crippen LogP contribution < -0.4 is 10.6 Å². The molecular weight excluding hydrogens is 288 g/mol. The van der Waals surface area contributed by atoms with E-state index < -0.39 is 0 Å². The highest BCUT2D eigenvalue weighted by Crippen LogP contribution is 2.25. The summed E-state index contributed by atoms with van der Waals surface area (Å²) < 4.78 is 0.924. The van der Waals surface area contributed by atoms with E-state index in [1.807, 2.05) is 18.2 Å². The molecule has 0 atom stereocenters. The van der Waals surface area contributed by atoms with Crippen LogP contribution in [-0.2, 0) is 0 Å². The number of anilines is 1. The molecule has 0 radical (unpaired) electrons. The van der Waals surface area contributed by atoms with Gasteiger partial charge in [0.2, 0.25) is 0 Å². The van der Waals surface area contributed by atoms with Crippen molar-refractivity contribution in [3.05, 3.63) is 27.7 Å². The highest BCUT2D eigenvalue weighted by atomic mass is 79.9. The van der Waals surface area contributed by atoms with Crippen molar-refractivity contribution in [2.75, 3.05) is 18.4 Å². The Morgan fingerprint density at radius 3 is 2.50 bits per heavy atom. The van der Waals surface area contributed by atoms with E-state index in [2.05, 4.69) is 47.3 Å². The molecule has 0 aromatic heterocycles. The molecule has 4 heteroatoms. The second-order valence-corrected chi connectivity index (χ2v) is 5.99. The van der Waals surface area contributed by atoms with E-state index in [-0.39, 0.29) is 5.54 Å². The minimum Gasteiger partial charge on any atom is -0.384 e. The van der Waals surface area contributed by atoms with Crippen LogP contribution in [0.5, 0.6) is 0 Å². The summed E-state index contributed by atoms with van der Waals surface area (Å²) in [5.41, 5.74) is 1.21. The molecule has 0 saturated heterocycles. The third kappa shape index (κ3) is 5.19. The predicted molar refractivity (Wildman–Crippen MR) is 75.4 cm³/mol. The lowest BCUT2D eigenvalue weighted by atomic mass is 10.1. The maximum atomic E-state index is 6.00. The normalized spacial score (nSPS) is 11.6. The van der Waals surface area contributed by atoms with Gasteiger partial charge in [-0.05, 0) is 54.9 Å². The fraction of sp³-hybridized carbons (Fsp3) is 0.500. The fourth-order valence-electron chi connectivity index (χ4n) is 1.25. The first-order valence-corrected chi connectivity index (χ1v) is 6.49. The molecule has 0 heterocycles. The van der Waals surface area contributed by atoms with Gasteiger partial charge in [0.05, 0.1) is 5.02 Å². The van der Waals surface area contributed by atoms with Gasteiger partial charge in [0.25, 0.3) is 0 Å². The fourth-order valence-corrected chi connectivity index (χ4v) is 1.68. The molecular formula is C12H18BrClN2. The van der Waals surface area contributed by atoms with Crippen LogP contribution in [0.2, 0.25) is 5.02 Å². The number of nitrogens with one attached hydrogen (secondary N) is 2. The van der Waals surface area contributed by atoms with Gasteiger partial charge in [0.15, 0.2) is 0 Å². The highest BCUT2D eigenvalue weighted by Gasteiger charge is 2.07. The minimum atomic E-state index is 0.166. The van der Waals surface area contributed by atoms with Crippen LogP contribution in [0, 0.1) is 0 Å². The molecule has 0 fully saturated rings. The number of halogens is 2. The Labute approximate surface area is 111 Å². The van der Waals surface area contributed by atoms with Crippen molar-refractivity contribution < 1.29 is 0 Å².